The monoisotopic (exact) mass is 470 g/mol. The van der Waals surface area contributed by atoms with Crippen LogP contribution >= 0.6 is 11.3 Å². The molecule has 0 bridgehead atoms. The van der Waals surface area contributed by atoms with Gasteiger partial charge in [-0.2, -0.15) is 0 Å². The molecule has 0 fully saturated rings. The number of rotatable bonds is 6. The standard InChI is InChI=1S/C24H22N8OS/c1-13-21(34-24(26-2)28-13)19-9-10-27-23(32-19)29-15-7-8-17-14(11-15)12-20(30-17)22(33)31-18-6-4-3-5-16(18)25/h3-12,30H,25H2,1-2H3,(H,26,28)(H,31,33)(H,27,29,32). The average Bonchev–Trinajstić information content (AvgIpc) is 3.44. The predicted molar refractivity (Wildman–Crippen MR) is 138 cm³/mol. The number of H-pyrrole nitrogens is 1. The highest BCUT2D eigenvalue weighted by Gasteiger charge is 2.13. The molecule has 3 heterocycles. The fraction of sp³-hybridized carbons (Fsp3) is 0.0833. The van der Waals surface area contributed by atoms with Crippen molar-refractivity contribution < 1.29 is 4.79 Å². The summed E-state index contributed by atoms with van der Waals surface area (Å²) in [6.07, 6.45) is 1.72. The summed E-state index contributed by atoms with van der Waals surface area (Å²) in [5.41, 5.74) is 10.8. The smallest absolute Gasteiger partial charge is 0.272 e. The molecule has 2 aromatic carbocycles. The summed E-state index contributed by atoms with van der Waals surface area (Å²) < 4.78 is 0. The molecule has 1 amide bonds. The molecule has 9 nitrogen and oxygen atoms in total. The van der Waals surface area contributed by atoms with Crippen LogP contribution in [0.5, 0.6) is 0 Å². The number of hydrogen-bond acceptors (Lipinski definition) is 8. The Hall–Kier alpha value is -4.44. The number of hydrogen-bond donors (Lipinski definition) is 5. The van der Waals surface area contributed by atoms with Gasteiger partial charge in [-0.25, -0.2) is 15.0 Å². The van der Waals surface area contributed by atoms with Gasteiger partial charge in [-0.1, -0.05) is 23.5 Å². The number of carbonyl (C=O) groups excluding carboxylic acids is 1. The van der Waals surface area contributed by atoms with Gasteiger partial charge < -0.3 is 26.7 Å². The molecule has 0 aliphatic heterocycles. The molecule has 0 saturated carbocycles. The van der Waals surface area contributed by atoms with Crippen molar-refractivity contribution in [2.24, 2.45) is 0 Å². The quantitative estimate of drug-likeness (QED) is 0.220. The van der Waals surface area contributed by atoms with Gasteiger partial charge in [0.1, 0.15) is 5.69 Å². The zero-order chi connectivity index (χ0) is 23.7. The topological polar surface area (TPSA) is 134 Å². The summed E-state index contributed by atoms with van der Waals surface area (Å²) >= 11 is 1.55. The number of nitrogen functional groups attached to an aromatic ring is 1. The summed E-state index contributed by atoms with van der Waals surface area (Å²) in [4.78, 5) is 30.3. The number of carbonyl (C=O) groups is 1. The Morgan fingerprint density at radius 2 is 1.94 bits per heavy atom. The highest BCUT2D eigenvalue weighted by Crippen LogP contribution is 2.32. The molecule has 0 aliphatic rings. The number of nitrogens with zero attached hydrogens (tertiary/aromatic N) is 3. The highest BCUT2D eigenvalue weighted by atomic mass is 32.1. The number of anilines is 5. The molecule has 34 heavy (non-hydrogen) atoms. The largest absolute Gasteiger partial charge is 0.397 e. The number of para-hydroxylation sites is 2. The van der Waals surface area contributed by atoms with Crippen LogP contribution in [0.15, 0.2) is 60.8 Å². The molecule has 6 N–H and O–H groups in total. The van der Waals surface area contributed by atoms with Gasteiger partial charge in [0.05, 0.1) is 27.6 Å². The van der Waals surface area contributed by atoms with Gasteiger partial charge >= 0.3 is 0 Å². The van der Waals surface area contributed by atoms with Crippen LogP contribution in [0.4, 0.5) is 28.1 Å². The molecular formula is C24H22N8OS. The Morgan fingerprint density at radius 3 is 2.74 bits per heavy atom. The zero-order valence-corrected chi connectivity index (χ0v) is 19.3. The third-order valence-electron chi connectivity index (χ3n) is 5.23. The molecule has 5 aromatic rings. The Kier molecular flexibility index (Phi) is 5.56. The van der Waals surface area contributed by atoms with Crippen LogP contribution < -0.4 is 21.7 Å². The summed E-state index contributed by atoms with van der Waals surface area (Å²) in [7, 11) is 1.85. The van der Waals surface area contributed by atoms with Crippen molar-refractivity contribution in [2.45, 2.75) is 6.92 Å². The maximum atomic E-state index is 12.7. The molecule has 5 rings (SSSR count). The first-order valence-corrected chi connectivity index (χ1v) is 11.4. The van der Waals surface area contributed by atoms with Crippen molar-refractivity contribution in [2.75, 3.05) is 28.7 Å². The molecular weight excluding hydrogens is 448 g/mol. The lowest BCUT2D eigenvalue weighted by molar-refractivity contribution is 0.102. The van der Waals surface area contributed by atoms with Gasteiger partial charge in [-0.3, -0.25) is 4.79 Å². The van der Waals surface area contributed by atoms with Crippen LogP contribution in [0.3, 0.4) is 0 Å². The third-order valence-corrected chi connectivity index (χ3v) is 6.43. The second kappa shape index (κ2) is 8.83. The Labute approximate surface area is 199 Å². The number of aromatic nitrogens is 4. The van der Waals surface area contributed by atoms with Gasteiger partial charge in [0, 0.05) is 29.8 Å². The number of thiazole rings is 1. The second-order valence-corrected chi connectivity index (χ2v) is 8.60. The van der Waals surface area contributed by atoms with Crippen molar-refractivity contribution in [1.29, 1.82) is 0 Å². The van der Waals surface area contributed by atoms with E-state index in [0.717, 1.165) is 38.0 Å². The van der Waals surface area contributed by atoms with Crippen LogP contribution in [-0.2, 0) is 0 Å². The number of aryl methyl sites for hydroxylation is 1. The highest BCUT2D eigenvalue weighted by molar-refractivity contribution is 7.19. The second-order valence-electron chi connectivity index (χ2n) is 7.60. The molecule has 170 valence electrons. The minimum absolute atomic E-state index is 0.263. The molecule has 10 heteroatoms. The van der Waals surface area contributed by atoms with E-state index in [1.807, 2.05) is 50.4 Å². The number of amides is 1. The van der Waals surface area contributed by atoms with E-state index in [4.69, 9.17) is 5.73 Å². The predicted octanol–water partition coefficient (Wildman–Crippen LogP) is 5.01. The van der Waals surface area contributed by atoms with Crippen molar-refractivity contribution in [3.8, 4) is 10.6 Å². The number of nitrogens with two attached hydrogens (primary N) is 1. The lowest BCUT2D eigenvalue weighted by Gasteiger charge is -2.06. The molecule has 0 saturated heterocycles. The van der Waals surface area contributed by atoms with Gasteiger partial charge in [-0.05, 0) is 49.4 Å². The van der Waals surface area contributed by atoms with Crippen LogP contribution in [0.25, 0.3) is 21.5 Å². The fourth-order valence-corrected chi connectivity index (χ4v) is 4.44. The van der Waals surface area contributed by atoms with Crippen molar-refractivity contribution in [1.82, 2.24) is 19.9 Å². The molecule has 3 aromatic heterocycles. The normalized spacial score (nSPS) is 10.9. The van der Waals surface area contributed by atoms with Crippen molar-refractivity contribution in [3.63, 3.8) is 0 Å². The first kappa shape index (κ1) is 21.4. The molecule has 0 unspecified atom stereocenters. The van der Waals surface area contributed by atoms with E-state index in [2.05, 4.69) is 35.9 Å². The molecule has 0 radical (unpaired) electrons. The first-order valence-electron chi connectivity index (χ1n) is 10.5. The van der Waals surface area contributed by atoms with Gasteiger partial charge in [0.15, 0.2) is 5.13 Å². The molecule has 0 aliphatic carbocycles. The molecule has 0 atom stereocenters. The summed E-state index contributed by atoms with van der Waals surface area (Å²) in [6, 6.07) is 16.6. The van der Waals surface area contributed by atoms with Crippen LogP contribution in [0, 0.1) is 6.92 Å². The van der Waals surface area contributed by atoms with Crippen molar-refractivity contribution >= 4 is 56.3 Å². The van der Waals surface area contributed by atoms with E-state index in [1.54, 1.807) is 35.7 Å². The maximum absolute atomic E-state index is 12.7. The average molecular weight is 471 g/mol. The van der Waals surface area contributed by atoms with Crippen LogP contribution in [0.1, 0.15) is 16.2 Å². The fourth-order valence-electron chi connectivity index (χ4n) is 3.55. The number of fused-ring (bicyclic) bond motifs is 1. The molecule has 0 spiro atoms. The Bertz CT molecular complexity index is 1510. The zero-order valence-electron chi connectivity index (χ0n) is 18.5. The minimum atomic E-state index is -0.263. The van der Waals surface area contributed by atoms with E-state index >= 15 is 0 Å². The van der Waals surface area contributed by atoms with Gasteiger partial charge in [0.2, 0.25) is 5.95 Å². The number of nitrogens with one attached hydrogen (secondary N) is 4. The van der Waals surface area contributed by atoms with Crippen LogP contribution in [-0.4, -0.2) is 32.9 Å². The number of aromatic amines is 1. The Morgan fingerprint density at radius 1 is 1.09 bits per heavy atom. The van der Waals surface area contributed by atoms with E-state index in [-0.39, 0.29) is 5.91 Å². The van der Waals surface area contributed by atoms with Gasteiger partial charge in [-0.15, -0.1) is 0 Å². The lowest BCUT2D eigenvalue weighted by Crippen LogP contribution is -2.13. The van der Waals surface area contributed by atoms with Crippen LogP contribution in [0.2, 0.25) is 0 Å². The Balaban J connectivity index is 1.36. The van der Waals surface area contributed by atoms with E-state index < -0.39 is 0 Å². The summed E-state index contributed by atoms with van der Waals surface area (Å²) in [6.45, 7) is 1.96. The van der Waals surface area contributed by atoms with E-state index in [9.17, 15) is 4.79 Å². The SMILES string of the molecule is CNc1nc(C)c(-c2ccnc(Nc3ccc4[nH]c(C(=O)Nc5ccccc5N)cc4c3)n2)s1. The lowest BCUT2D eigenvalue weighted by atomic mass is 10.2. The minimum Gasteiger partial charge on any atom is -0.397 e. The number of benzene rings is 2. The van der Waals surface area contributed by atoms with Gasteiger partial charge in [0.25, 0.3) is 5.91 Å². The first-order chi connectivity index (χ1) is 16.5. The third kappa shape index (κ3) is 4.26. The van der Waals surface area contributed by atoms with E-state index in [0.29, 0.717) is 23.0 Å². The van der Waals surface area contributed by atoms with E-state index in [1.165, 1.54) is 0 Å². The summed E-state index contributed by atoms with van der Waals surface area (Å²) in [5.74, 6) is 0.212. The summed E-state index contributed by atoms with van der Waals surface area (Å²) in [5, 5.41) is 10.9. The van der Waals surface area contributed by atoms with Crippen molar-refractivity contribution in [3.05, 3.63) is 72.2 Å². The maximum Gasteiger partial charge on any atom is 0.272 e.